The molecule has 0 unspecified atom stereocenters. The van der Waals surface area contributed by atoms with Gasteiger partial charge in [-0.3, -0.25) is 10.2 Å². The predicted octanol–water partition coefficient (Wildman–Crippen LogP) is 1.27. The first-order chi connectivity index (χ1) is 8.83. The molecule has 0 radical (unpaired) electrons. The molecular formula is C9H9F3N4O2S. The Morgan fingerprint density at radius 2 is 2.00 bits per heavy atom. The Bertz CT molecular complexity index is 481. The summed E-state index contributed by atoms with van der Waals surface area (Å²) < 4.78 is 36.8. The third kappa shape index (κ3) is 5.04. The molecule has 3 N–H and O–H groups in total. The highest BCUT2D eigenvalue weighted by Gasteiger charge is 2.32. The number of aromatic nitrogens is 1. The molecule has 10 heteroatoms. The van der Waals surface area contributed by atoms with Gasteiger partial charge in [0.15, 0.2) is 0 Å². The zero-order valence-corrected chi connectivity index (χ0v) is 10.4. The summed E-state index contributed by atoms with van der Waals surface area (Å²) >= 11 is -0.505. The van der Waals surface area contributed by atoms with Crippen molar-refractivity contribution in [2.75, 3.05) is 7.05 Å². The average molecular weight is 294 g/mol. The van der Waals surface area contributed by atoms with Gasteiger partial charge in [-0.15, -0.1) is 0 Å². The summed E-state index contributed by atoms with van der Waals surface area (Å²) in [4.78, 5) is 25.9. The van der Waals surface area contributed by atoms with Crippen molar-refractivity contribution in [3.8, 4) is 0 Å². The van der Waals surface area contributed by atoms with Crippen LogP contribution in [-0.2, 0) is 0 Å². The number of pyridine rings is 1. The van der Waals surface area contributed by atoms with E-state index >= 15 is 0 Å². The third-order valence-electron chi connectivity index (χ3n) is 1.74. The van der Waals surface area contributed by atoms with Crippen LogP contribution in [0.25, 0.3) is 0 Å². The van der Waals surface area contributed by atoms with Crippen LogP contribution in [0.4, 0.5) is 18.0 Å². The van der Waals surface area contributed by atoms with Crippen molar-refractivity contribution in [2.45, 2.75) is 10.5 Å². The van der Waals surface area contributed by atoms with Gasteiger partial charge in [0, 0.05) is 25.0 Å². The molecule has 104 valence electrons. The zero-order chi connectivity index (χ0) is 14.5. The summed E-state index contributed by atoms with van der Waals surface area (Å²) in [5.74, 6) is -0.900. The monoisotopic (exact) mass is 294 g/mol. The standard InChI is InChI=1S/C9H9F3N4O2S/c1-13-8(18)16-15-6(17)5-3-2-4-14-7(5)19-9(10,11)12/h2-4H,1H3,(H,15,17)(H2,13,16,18). The maximum absolute atomic E-state index is 12.3. The summed E-state index contributed by atoms with van der Waals surface area (Å²) in [6.45, 7) is 0. The molecule has 19 heavy (non-hydrogen) atoms. The van der Waals surface area contributed by atoms with Crippen LogP contribution in [0.15, 0.2) is 23.4 Å². The van der Waals surface area contributed by atoms with E-state index in [0.717, 1.165) is 6.20 Å². The molecule has 0 aliphatic heterocycles. The van der Waals surface area contributed by atoms with E-state index in [-0.39, 0.29) is 5.56 Å². The molecule has 0 saturated carbocycles. The fourth-order valence-electron chi connectivity index (χ4n) is 0.998. The van der Waals surface area contributed by atoms with E-state index in [1.165, 1.54) is 19.2 Å². The lowest BCUT2D eigenvalue weighted by Crippen LogP contribution is -2.46. The highest BCUT2D eigenvalue weighted by Crippen LogP contribution is 2.37. The molecule has 0 spiro atoms. The van der Waals surface area contributed by atoms with Crippen LogP contribution in [0.3, 0.4) is 0 Å². The second-order valence-electron chi connectivity index (χ2n) is 3.06. The lowest BCUT2D eigenvalue weighted by atomic mass is 10.3. The van der Waals surface area contributed by atoms with Crippen LogP contribution in [0.2, 0.25) is 0 Å². The number of halogens is 3. The average Bonchev–Trinajstić information content (AvgIpc) is 2.34. The quantitative estimate of drug-likeness (QED) is 0.566. The highest BCUT2D eigenvalue weighted by molar-refractivity contribution is 8.00. The maximum Gasteiger partial charge on any atom is 0.447 e. The Morgan fingerprint density at radius 3 is 2.58 bits per heavy atom. The molecule has 0 saturated heterocycles. The van der Waals surface area contributed by atoms with Crippen molar-refractivity contribution in [2.24, 2.45) is 0 Å². The number of urea groups is 1. The molecular weight excluding hydrogens is 285 g/mol. The fraction of sp³-hybridized carbons (Fsp3) is 0.222. The van der Waals surface area contributed by atoms with Crippen LogP contribution in [-0.4, -0.2) is 29.5 Å². The molecule has 0 atom stereocenters. The number of alkyl halides is 3. The third-order valence-corrected chi connectivity index (χ3v) is 2.49. The van der Waals surface area contributed by atoms with E-state index in [2.05, 4.69) is 10.3 Å². The van der Waals surface area contributed by atoms with Crippen molar-refractivity contribution in [1.29, 1.82) is 0 Å². The Labute approximate surface area is 110 Å². The topological polar surface area (TPSA) is 83.1 Å². The molecule has 1 aromatic heterocycles. The van der Waals surface area contributed by atoms with Crippen molar-refractivity contribution in [1.82, 2.24) is 21.2 Å². The largest absolute Gasteiger partial charge is 0.447 e. The SMILES string of the molecule is CNC(=O)NNC(=O)c1cccnc1SC(F)(F)F. The summed E-state index contributed by atoms with van der Waals surface area (Å²) in [6.07, 6.45) is 1.14. The fourth-order valence-corrected chi connectivity index (χ4v) is 1.60. The van der Waals surface area contributed by atoms with E-state index in [1.807, 2.05) is 10.9 Å². The number of nitrogens with zero attached hydrogens (tertiary/aromatic N) is 1. The second-order valence-corrected chi connectivity index (χ2v) is 4.12. The number of carbonyl (C=O) groups excluding carboxylic acids is 2. The van der Waals surface area contributed by atoms with Gasteiger partial charge in [-0.25, -0.2) is 15.2 Å². The lowest BCUT2D eigenvalue weighted by molar-refractivity contribution is -0.0329. The Morgan fingerprint density at radius 1 is 1.32 bits per heavy atom. The van der Waals surface area contributed by atoms with Gasteiger partial charge in [0.05, 0.1) is 5.56 Å². The molecule has 0 aliphatic rings. The van der Waals surface area contributed by atoms with Crippen LogP contribution < -0.4 is 16.2 Å². The van der Waals surface area contributed by atoms with E-state index in [1.54, 1.807) is 0 Å². The Balaban J connectivity index is 2.82. The predicted molar refractivity (Wildman–Crippen MR) is 61.2 cm³/mol. The molecule has 1 rings (SSSR count). The summed E-state index contributed by atoms with van der Waals surface area (Å²) in [7, 11) is 1.32. The first-order valence-electron chi connectivity index (χ1n) is 4.82. The van der Waals surface area contributed by atoms with Crippen molar-refractivity contribution >= 4 is 23.7 Å². The second kappa shape index (κ2) is 6.27. The molecule has 1 heterocycles. The van der Waals surface area contributed by atoms with E-state index in [9.17, 15) is 22.8 Å². The van der Waals surface area contributed by atoms with Crippen molar-refractivity contribution in [3.05, 3.63) is 23.9 Å². The maximum atomic E-state index is 12.3. The highest BCUT2D eigenvalue weighted by atomic mass is 32.2. The number of thioether (sulfide) groups is 1. The number of hydrogen-bond donors (Lipinski definition) is 3. The van der Waals surface area contributed by atoms with Gasteiger partial charge in [0.25, 0.3) is 5.91 Å². The van der Waals surface area contributed by atoms with Crippen molar-refractivity contribution in [3.63, 3.8) is 0 Å². The zero-order valence-electron chi connectivity index (χ0n) is 9.54. The van der Waals surface area contributed by atoms with Crippen LogP contribution in [0, 0.1) is 0 Å². The van der Waals surface area contributed by atoms with Gasteiger partial charge in [-0.1, -0.05) is 0 Å². The van der Waals surface area contributed by atoms with Crippen LogP contribution in [0.1, 0.15) is 10.4 Å². The Hall–Kier alpha value is -1.97. The lowest BCUT2D eigenvalue weighted by Gasteiger charge is -2.10. The van der Waals surface area contributed by atoms with E-state index < -0.39 is 34.2 Å². The number of amides is 3. The molecule has 1 aromatic rings. The minimum Gasteiger partial charge on any atom is -0.340 e. The van der Waals surface area contributed by atoms with Gasteiger partial charge >= 0.3 is 11.5 Å². The molecule has 6 nitrogen and oxygen atoms in total. The molecule has 0 bridgehead atoms. The number of hydrogen-bond acceptors (Lipinski definition) is 4. The number of rotatable bonds is 2. The minimum absolute atomic E-state index is 0.291. The summed E-state index contributed by atoms with van der Waals surface area (Å²) in [6, 6.07) is 1.78. The molecule has 0 fully saturated rings. The minimum atomic E-state index is -4.56. The van der Waals surface area contributed by atoms with Gasteiger partial charge in [0.2, 0.25) is 0 Å². The molecule has 0 aromatic carbocycles. The number of carbonyl (C=O) groups is 2. The van der Waals surface area contributed by atoms with Gasteiger partial charge in [0.1, 0.15) is 5.03 Å². The number of hydrazine groups is 1. The first-order valence-corrected chi connectivity index (χ1v) is 5.64. The van der Waals surface area contributed by atoms with Crippen LogP contribution in [0.5, 0.6) is 0 Å². The molecule has 3 amide bonds. The van der Waals surface area contributed by atoms with Gasteiger partial charge in [-0.05, 0) is 12.1 Å². The Kier molecular flexibility index (Phi) is 4.98. The first kappa shape index (κ1) is 15.1. The van der Waals surface area contributed by atoms with E-state index in [4.69, 9.17) is 0 Å². The number of nitrogens with one attached hydrogen (secondary N) is 3. The van der Waals surface area contributed by atoms with E-state index in [0.29, 0.717) is 0 Å². The normalized spacial score (nSPS) is 10.7. The van der Waals surface area contributed by atoms with Crippen LogP contribution >= 0.6 is 11.8 Å². The van der Waals surface area contributed by atoms with Crippen molar-refractivity contribution < 1.29 is 22.8 Å². The van der Waals surface area contributed by atoms with Gasteiger partial charge < -0.3 is 5.32 Å². The molecule has 0 aliphatic carbocycles. The summed E-state index contributed by atoms with van der Waals surface area (Å²) in [5, 5.41) is 1.66. The summed E-state index contributed by atoms with van der Waals surface area (Å²) in [5.41, 5.74) is -0.942. The van der Waals surface area contributed by atoms with Gasteiger partial charge in [-0.2, -0.15) is 13.2 Å². The smallest absolute Gasteiger partial charge is 0.340 e.